The summed E-state index contributed by atoms with van der Waals surface area (Å²) in [5.74, 6) is -0.978. The minimum atomic E-state index is -0.809. The molecule has 0 spiro atoms. The van der Waals surface area contributed by atoms with E-state index in [9.17, 15) is 13.6 Å². The first-order chi connectivity index (χ1) is 13.1. The van der Waals surface area contributed by atoms with E-state index < -0.39 is 23.4 Å². The van der Waals surface area contributed by atoms with Crippen molar-refractivity contribution < 1.29 is 13.6 Å². The molecule has 0 saturated heterocycles. The van der Waals surface area contributed by atoms with Crippen LogP contribution in [0.15, 0.2) is 54.7 Å². The summed E-state index contributed by atoms with van der Waals surface area (Å²) in [6, 6.07) is 12.5. The lowest BCUT2D eigenvalue weighted by molar-refractivity contribution is 0.205. The standard InChI is InChI=1S/C20H16F2N4O/c21-15-7-4-8-16(22)18(15)25-20(27)26-10-9-17-14(12-26)11-23-19(24-17)13-5-2-1-3-6-13/h1-8,11H,9-10,12H2,(H,25,27). The van der Waals surface area contributed by atoms with E-state index in [-0.39, 0.29) is 6.54 Å². The molecular formula is C20H16F2N4O. The van der Waals surface area contributed by atoms with E-state index >= 15 is 0 Å². The molecule has 27 heavy (non-hydrogen) atoms. The summed E-state index contributed by atoms with van der Waals surface area (Å²) < 4.78 is 27.5. The Labute approximate surface area is 154 Å². The number of carbonyl (C=O) groups is 1. The van der Waals surface area contributed by atoms with Crippen LogP contribution in [0.4, 0.5) is 19.3 Å². The molecule has 1 N–H and O–H groups in total. The minimum absolute atomic E-state index is 0.284. The van der Waals surface area contributed by atoms with Gasteiger partial charge in [-0.1, -0.05) is 36.4 Å². The number of rotatable bonds is 2. The number of nitrogens with zero attached hydrogens (tertiary/aromatic N) is 3. The Hall–Kier alpha value is -3.35. The summed E-state index contributed by atoms with van der Waals surface area (Å²) in [4.78, 5) is 22.9. The lowest BCUT2D eigenvalue weighted by Crippen LogP contribution is -2.39. The highest BCUT2D eigenvalue weighted by Gasteiger charge is 2.24. The predicted molar refractivity (Wildman–Crippen MR) is 97.0 cm³/mol. The first-order valence-corrected chi connectivity index (χ1v) is 8.52. The Morgan fingerprint density at radius 2 is 1.78 bits per heavy atom. The fourth-order valence-electron chi connectivity index (χ4n) is 3.02. The SMILES string of the molecule is O=C(Nc1c(F)cccc1F)N1CCc2nc(-c3ccccc3)ncc2C1. The molecule has 2 amide bonds. The summed E-state index contributed by atoms with van der Waals surface area (Å²) in [6.07, 6.45) is 2.25. The summed E-state index contributed by atoms with van der Waals surface area (Å²) in [7, 11) is 0. The molecule has 3 aromatic rings. The van der Waals surface area contributed by atoms with E-state index in [2.05, 4.69) is 15.3 Å². The van der Waals surface area contributed by atoms with Gasteiger partial charge in [-0.05, 0) is 12.1 Å². The number of carbonyl (C=O) groups excluding carboxylic acids is 1. The number of aromatic nitrogens is 2. The van der Waals surface area contributed by atoms with Crippen molar-refractivity contribution in [2.24, 2.45) is 0 Å². The molecule has 5 nitrogen and oxygen atoms in total. The molecular weight excluding hydrogens is 350 g/mol. The first kappa shape index (κ1) is 17.1. The van der Waals surface area contributed by atoms with Crippen LogP contribution in [-0.2, 0) is 13.0 Å². The molecule has 2 heterocycles. The van der Waals surface area contributed by atoms with Gasteiger partial charge >= 0.3 is 6.03 Å². The van der Waals surface area contributed by atoms with Crippen LogP contribution in [0.1, 0.15) is 11.3 Å². The largest absolute Gasteiger partial charge is 0.322 e. The molecule has 7 heteroatoms. The third-order valence-corrected chi connectivity index (χ3v) is 4.45. The fraction of sp³-hybridized carbons (Fsp3) is 0.150. The highest BCUT2D eigenvalue weighted by molar-refractivity contribution is 5.89. The second kappa shape index (κ2) is 7.11. The Bertz CT molecular complexity index is 974. The van der Waals surface area contributed by atoms with Gasteiger partial charge in [0.05, 0.1) is 12.2 Å². The van der Waals surface area contributed by atoms with E-state index in [1.807, 2.05) is 30.3 Å². The Balaban J connectivity index is 1.51. The van der Waals surface area contributed by atoms with Gasteiger partial charge in [-0.2, -0.15) is 0 Å². The van der Waals surface area contributed by atoms with Crippen LogP contribution in [0.5, 0.6) is 0 Å². The summed E-state index contributed by atoms with van der Waals surface area (Å²) >= 11 is 0. The van der Waals surface area contributed by atoms with Crippen molar-refractivity contribution in [1.29, 1.82) is 0 Å². The fourth-order valence-corrected chi connectivity index (χ4v) is 3.02. The Morgan fingerprint density at radius 1 is 1.04 bits per heavy atom. The maximum absolute atomic E-state index is 13.7. The van der Waals surface area contributed by atoms with Crippen LogP contribution >= 0.6 is 0 Å². The number of urea groups is 1. The van der Waals surface area contributed by atoms with Gasteiger partial charge < -0.3 is 10.2 Å². The third-order valence-electron chi connectivity index (χ3n) is 4.45. The predicted octanol–water partition coefficient (Wildman–Crippen LogP) is 4.01. The van der Waals surface area contributed by atoms with Crippen LogP contribution < -0.4 is 5.32 Å². The Kier molecular flexibility index (Phi) is 4.50. The van der Waals surface area contributed by atoms with Crippen molar-refractivity contribution in [1.82, 2.24) is 14.9 Å². The summed E-state index contributed by atoms with van der Waals surface area (Å²) in [5, 5.41) is 2.31. The average molecular weight is 366 g/mol. The van der Waals surface area contributed by atoms with Gasteiger partial charge in [-0.15, -0.1) is 0 Å². The number of para-hydroxylation sites is 1. The normalized spacial score (nSPS) is 13.2. The lowest BCUT2D eigenvalue weighted by Gasteiger charge is -2.28. The van der Waals surface area contributed by atoms with Crippen molar-refractivity contribution >= 4 is 11.7 Å². The molecule has 0 fully saturated rings. The molecule has 0 unspecified atom stereocenters. The molecule has 136 valence electrons. The zero-order chi connectivity index (χ0) is 18.8. The van der Waals surface area contributed by atoms with E-state index in [1.165, 1.54) is 11.0 Å². The third kappa shape index (κ3) is 3.48. The van der Waals surface area contributed by atoms with Gasteiger partial charge in [-0.25, -0.2) is 23.5 Å². The van der Waals surface area contributed by atoms with Crippen molar-refractivity contribution in [3.05, 3.63) is 77.6 Å². The molecule has 1 aromatic heterocycles. The van der Waals surface area contributed by atoms with Gasteiger partial charge in [-0.3, -0.25) is 0 Å². The second-order valence-corrected chi connectivity index (χ2v) is 6.23. The maximum Gasteiger partial charge on any atom is 0.322 e. The number of hydrogen-bond acceptors (Lipinski definition) is 3. The summed E-state index contributed by atoms with van der Waals surface area (Å²) in [5.41, 5.74) is 2.19. The first-order valence-electron chi connectivity index (χ1n) is 8.52. The molecule has 0 aliphatic carbocycles. The van der Waals surface area contributed by atoms with Gasteiger partial charge in [0.15, 0.2) is 5.82 Å². The number of anilines is 1. The van der Waals surface area contributed by atoms with Crippen molar-refractivity contribution in [3.63, 3.8) is 0 Å². The maximum atomic E-state index is 13.7. The molecule has 0 saturated carbocycles. The van der Waals surface area contributed by atoms with Crippen LogP contribution in [0, 0.1) is 11.6 Å². The van der Waals surface area contributed by atoms with Gasteiger partial charge in [0.1, 0.15) is 17.3 Å². The Morgan fingerprint density at radius 3 is 2.52 bits per heavy atom. The number of amides is 2. The van der Waals surface area contributed by atoms with E-state index in [0.717, 1.165) is 29.0 Å². The van der Waals surface area contributed by atoms with Crippen molar-refractivity contribution in [2.75, 3.05) is 11.9 Å². The lowest BCUT2D eigenvalue weighted by atomic mass is 10.1. The second-order valence-electron chi connectivity index (χ2n) is 6.23. The van der Waals surface area contributed by atoms with Crippen LogP contribution in [-0.4, -0.2) is 27.4 Å². The number of nitrogens with one attached hydrogen (secondary N) is 1. The molecule has 1 aliphatic heterocycles. The molecule has 2 aromatic carbocycles. The highest BCUT2D eigenvalue weighted by atomic mass is 19.1. The highest BCUT2D eigenvalue weighted by Crippen LogP contribution is 2.23. The smallest absolute Gasteiger partial charge is 0.320 e. The number of halogens is 2. The molecule has 0 radical (unpaired) electrons. The van der Waals surface area contributed by atoms with E-state index in [1.54, 1.807) is 6.20 Å². The zero-order valence-corrected chi connectivity index (χ0v) is 14.3. The molecule has 4 rings (SSSR count). The topological polar surface area (TPSA) is 58.1 Å². The van der Waals surface area contributed by atoms with E-state index in [0.29, 0.717) is 18.8 Å². The summed E-state index contributed by atoms with van der Waals surface area (Å²) in [6.45, 7) is 0.687. The van der Waals surface area contributed by atoms with Crippen LogP contribution in [0.25, 0.3) is 11.4 Å². The minimum Gasteiger partial charge on any atom is -0.320 e. The molecule has 0 bridgehead atoms. The number of hydrogen-bond donors (Lipinski definition) is 1. The molecule has 1 aliphatic rings. The van der Waals surface area contributed by atoms with Gasteiger partial charge in [0.25, 0.3) is 0 Å². The van der Waals surface area contributed by atoms with Crippen molar-refractivity contribution in [2.45, 2.75) is 13.0 Å². The monoisotopic (exact) mass is 366 g/mol. The average Bonchev–Trinajstić information content (AvgIpc) is 2.70. The van der Waals surface area contributed by atoms with Gasteiger partial charge in [0, 0.05) is 30.3 Å². The van der Waals surface area contributed by atoms with Crippen molar-refractivity contribution in [3.8, 4) is 11.4 Å². The quantitative estimate of drug-likeness (QED) is 0.745. The van der Waals surface area contributed by atoms with Gasteiger partial charge in [0.2, 0.25) is 0 Å². The van der Waals surface area contributed by atoms with Crippen LogP contribution in [0.2, 0.25) is 0 Å². The van der Waals surface area contributed by atoms with E-state index in [4.69, 9.17) is 0 Å². The number of fused-ring (bicyclic) bond motifs is 1. The van der Waals surface area contributed by atoms with Crippen LogP contribution in [0.3, 0.4) is 0 Å². The number of benzene rings is 2. The zero-order valence-electron chi connectivity index (χ0n) is 14.3. The molecule has 0 atom stereocenters.